The average molecular weight is 313 g/mol. The van der Waals surface area contributed by atoms with Crippen LogP contribution in [0.3, 0.4) is 0 Å². The lowest BCUT2D eigenvalue weighted by molar-refractivity contribution is -0.117. The topological polar surface area (TPSA) is 80.2 Å². The maximum atomic E-state index is 12.2. The molecule has 0 atom stereocenters. The van der Waals surface area contributed by atoms with Gasteiger partial charge in [0.25, 0.3) is 0 Å². The molecule has 0 bridgehead atoms. The molecule has 0 saturated carbocycles. The Balaban J connectivity index is 2.05. The summed E-state index contributed by atoms with van der Waals surface area (Å²) >= 11 is 0. The van der Waals surface area contributed by atoms with E-state index in [0.29, 0.717) is 11.4 Å². The molecule has 1 aromatic heterocycles. The second kappa shape index (κ2) is 6.91. The van der Waals surface area contributed by atoms with Crippen LogP contribution in [0.1, 0.15) is 18.3 Å². The zero-order chi connectivity index (χ0) is 17.0. The number of anilines is 2. The number of carbonyl (C=O) groups excluding carboxylic acids is 2. The van der Waals surface area contributed by atoms with E-state index < -0.39 is 0 Å². The zero-order valence-corrected chi connectivity index (χ0v) is 13.3. The number of hydrogen-bond donors (Lipinski definition) is 2. The number of amides is 2. The number of aryl methyl sites for hydroxylation is 2. The molecule has 23 heavy (non-hydrogen) atoms. The summed E-state index contributed by atoms with van der Waals surface area (Å²) in [5.41, 5.74) is 2.73. The number of aromatic nitrogens is 1. The Labute approximate surface area is 134 Å². The highest BCUT2D eigenvalue weighted by molar-refractivity contribution is 5.92. The number of carbonyl (C=O) groups is 2. The van der Waals surface area contributed by atoms with Crippen LogP contribution >= 0.6 is 0 Å². The van der Waals surface area contributed by atoms with Gasteiger partial charge in [-0.3, -0.25) is 14.4 Å². The summed E-state index contributed by atoms with van der Waals surface area (Å²) in [6, 6.07) is 9.87. The summed E-state index contributed by atoms with van der Waals surface area (Å²) in [6.45, 7) is 5.16. The number of pyridine rings is 1. The fraction of sp³-hybridized carbons (Fsp3) is 0.235. The van der Waals surface area contributed by atoms with Crippen molar-refractivity contribution in [2.24, 2.45) is 0 Å². The van der Waals surface area contributed by atoms with Crippen LogP contribution in [0.15, 0.2) is 41.2 Å². The third kappa shape index (κ3) is 4.54. The van der Waals surface area contributed by atoms with Gasteiger partial charge in [-0.15, -0.1) is 0 Å². The molecule has 120 valence electrons. The third-order valence-electron chi connectivity index (χ3n) is 3.34. The number of hydrogen-bond acceptors (Lipinski definition) is 3. The molecule has 2 rings (SSSR count). The van der Waals surface area contributed by atoms with E-state index in [1.807, 2.05) is 0 Å². The Kier molecular flexibility index (Phi) is 4.95. The van der Waals surface area contributed by atoms with E-state index in [1.165, 1.54) is 19.1 Å². The zero-order valence-electron chi connectivity index (χ0n) is 13.3. The van der Waals surface area contributed by atoms with Crippen LogP contribution in [0.25, 0.3) is 0 Å². The number of rotatable bonds is 4. The number of nitrogens with one attached hydrogen (secondary N) is 2. The molecular formula is C17H19N3O3. The molecule has 6 heteroatoms. The highest BCUT2D eigenvalue weighted by Crippen LogP contribution is 2.13. The molecule has 0 spiro atoms. The van der Waals surface area contributed by atoms with Gasteiger partial charge in [-0.05, 0) is 38.1 Å². The maximum Gasteiger partial charge on any atom is 0.244 e. The SMILES string of the molecule is CC(=O)Nc1ccc(NC(=O)Cn2c(C)cc(=O)cc2C)cc1. The first-order chi connectivity index (χ1) is 10.8. The first-order valence-corrected chi connectivity index (χ1v) is 7.21. The monoisotopic (exact) mass is 313 g/mol. The lowest BCUT2D eigenvalue weighted by Crippen LogP contribution is -2.23. The maximum absolute atomic E-state index is 12.2. The summed E-state index contributed by atoms with van der Waals surface area (Å²) in [5.74, 6) is -0.335. The Morgan fingerprint density at radius 3 is 1.91 bits per heavy atom. The lowest BCUT2D eigenvalue weighted by atomic mass is 10.2. The Bertz CT molecular complexity index is 765. The van der Waals surface area contributed by atoms with Crippen molar-refractivity contribution in [3.63, 3.8) is 0 Å². The molecule has 0 aliphatic rings. The van der Waals surface area contributed by atoms with Gasteiger partial charge in [-0.2, -0.15) is 0 Å². The van der Waals surface area contributed by atoms with E-state index in [0.717, 1.165) is 11.4 Å². The molecule has 0 unspecified atom stereocenters. The lowest BCUT2D eigenvalue weighted by Gasteiger charge is -2.14. The second-order valence-electron chi connectivity index (χ2n) is 5.37. The normalized spacial score (nSPS) is 10.2. The van der Waals surface area contributed by atoms with Gasteiger partial charge in [0.05, 0.1) is 0 Å². The van der Waals surface area contributed by atoms with Crippen LogP contribution in [0, 0.1) is 13.8 Å². The molecular weight excluding hydrogens is 294 g/mol. The summed E-state index contributed by atoms with van der Waals surface area (Å²) in [7, 11) is 0. The van der Waals surface area contributed by atoms with E-state index in [1.54, 1.807) is 42.7 Å². The standard InChI is InChI=1S/C17H19N3O3/c1-11-8-16(22)9-12(2)20(11)10-17(23)19-15-6-4-14(5-7-15)18-13(3)21/h4-9H,10H2,1-3H3,(H,18,21)(H,19,23). The van der Waals surface area contributed by atoms with Gasteiger partial charge in [0.1, 0.15) is 6.54 Å². The van der Waals surface area contributed by atoms with Crippen LogP contribution in [-0.2, 0) is 16.1 Å². The first kappa shape index (κ1) is 16.5. The van der Waals surface area contributed by atoms with Gasteiger partial charge >= 0.3 is 0 Å². The molecule has 2 aromatic rings. The number of benzene rings is 1. The van der Waals surface area contributed by atoms with Gasteiger partial charge in [0, 0.05) is 41.8 Å². The molecule has 6 nitrogen and oxygen atoms in total. The molecule has 0 aliphatic carbocycles. The molecule has 2 N–H and O–H groups in total. The van der Waals surface area contributed by atoms with Crippen molar-refractivity contribution < 1.29 is 9.59 Å². The Morgan fingerprint density at radius 1 is 0.957 bits per heavy atom. The second-order valence-corrected chi connectivity index (χ2v) is 5.37. The molecule has 2 amide bonds. The third-order valence-corrected chi connectivity index (χ3v) is 3.34. The van der Waals surface area contributed by atoms with Crippen LogP contribution in [0.5, 0.6) is 0 Å². The summed E-state index contributed by atoms with van der Waals surface area (Å²) in [6.07, 6.45) is 0. The minimum absolute atomic E-state index is 0.0646. The smallest absolute Gasteiger partial charge is 0.244 e. The first-order valence-electron chi connectivity index (χ1n) is 7.21. The fourth-order valence-electron chi connectivity index (χ4n) is 2.32. The predicted octanol–water partition coefficient (Wildman–Crippen LogP) is 2.06. The fourth-order valence-corrected chi connectivity index (χ4v) is 2.32. The van der Waals surface area contributed by atoms with E-state index >= 15 is 0 Å². The highest BCUT2D eigenvalue weighted by Gasteiger charge is 2.08. The highest BCUT2D eigenvalue weighted by atomic mass is 16.2. The van der Waals surface area contributed by atoms with Crippen LogP contribution in [0.4, 0.5) is 11.4 Å². The van der Waals surface area contributed by atoms with Crippen LogP contribution in [0.2, 0.25) is 0 Å². The van der Waals surface area contributed by atoms with Gasteiger partial charge in [-0.25, -0.2) is 0 Å². The van der Waals surface area contributed by atoms with Crippen molar-refractivity contribution in [2.45, 2.75) is 27.3 Å². The van der Waals surface area contributed by atoms with Crippen molar-refractivity contribution in [1.29, 1.82) is 0 Å². The van der Waals surface area contributed by atoms with Gasteiger partial charge in [0.2, 0.25) is 11.8 Å². The van der Waals surface area contributed by atoms with Crippen LogP contribution < -0.4 is 16.1 Å². The van der Waals surface area contributed by atoms with Gasteiger partial charge < -0.3 is 15.2 Å². The molecule has 0 fully saturated rings. The van der Waals surface area contributed by atoms with E-state index in [4.69, 9.17) is 0 Å². The molecule has 1 heterocycles. The minimum atomic E-state index is -0.188. The summed E-state index contributed by atoms with van der Waals surface area (Å²) in [4.78, 5) is 34.5. The van der Waals surface area contributed by atoms with E-state index in [9.17, 15) is 14.4 Å². The molecule has 1 aromatic carbocycles. The summed E-state index contributed by atoms with van der Waals surface area (Å²) < 4.78 is 1.78. The van der Waals surface area contributed by atoms with Crippen molar-refractivity contribution in [3.05, 3.63) is 58.0 Å². The average Bonchev–Trinajstić information content (AvgIpc) is 2.44. The van der Waals surface area contributed by atoms with Gasteiger partial charge in [-0.1, -0.05) is 0 Å². The minimum Gasteiger partial charge on any atom is -0.340 e. The molecule has 0 radical (unpaired) electrons. The summed E-state index contributed by atoms with van der Waals surface area (Å²) in [5, 5.41) is 5.45. The molecule has 0 saturated heterocycles. The largest absolute Gasteiger partial charge is 0.340 e. The molecule has 0 aliphatic heterocycles. The number of nitrogens with zero attached hydrogens (tertiary/aromatic N) is 1. The van der Waals surface area contributed by atoms with Crippen molar-refractivity contribution in [2.75, 3.05) is 10.6 Å². The Hall–Kier alpha value is -2.89. The van der Waals surface area contributed by atoms with Crippen molar-refractivity contribution in [3.8, 4) is 0 Å². The van der Waals surface area contributed by atoms with E-state index in [-0.39, 0.29) is 23.8 Å². The van der Waals surface area contributed by atoms with Crippen molar-refractivity contribution >= 4 is 23.2 Å². The van der Waals surface area contributed by atoms with Crippen molar-refractivity contribution in [1.82, 2.24) is 4.57 Å². The predicted molar refractivity (Wildman–Crippen MR) is 89.6 cm³/mol. The quantitative estimate of drug-likeness (QED) is 0.906. The van der Waals surface area contributed by atoms with E-state index in [2.05, 4.69) is 10.6 Å². The van der Waals surface area contributed by atoms with Crippen LogP contribution in [-0.4, -0.2) is 16.4 Å². The Morgan fingerprint density at radius 2 is 1.43 bits per heavy atom. The van der Waals surface area contributed by atoms with Gasteiger partial charge in [0.15, 0.2) is 5.43 Å².